The lowest BCUT2D eigenvalue weighted by Crippen LogP contribution is -2.43. The Morgan fingerprint density at radius 1 is 0.938 bits per heavy atom. The molecule has 3 aromatic carbocycles. The maximum absolute atomic E-state index is 13.1. The molecule has 0 aliphatic carbocycles. The molecule has 166 valence electrons. The van der Waals surface area contributed by atoms with Crippen molar-refractivity contribution in [3.05, 3.63) is 100 Å². The van der Waals surface area contributed by atoms with E-state index in [4.69, 9.17) is 9.47 Å². The molecule has 0 bridgehead atoms. The average Bonchev–Trinajstić information content (AvgIpc) is 2.81. The summed E-state index contributed by atoms with van der Waals surface area (Å²) in [7, 11) is 0. The van der Waals surface area contributed by atoms with Gasteiger partial charge < -0.3 is 14.8 Å². The molecular weight excluding hydrogens is 470 g/mol. The van der Waals surface area contributed by atoms with E-state index in [-0.39, 0.29) is 6.61 Å². The number of hydrogen-bond acceptors (Lipinski definition) is 4. The van der Waals surface area contributed by atoms with Gasteiger partial charge in [-0.25, -0.2) is 4.79 Å². The van der Waals surface area contributed by atoms with Crippen molar-refractivity contribution >= 4 is 27.8 Å². The second kappa shape index (κ2) is 12.1. The number of nitrogens with one attached hydrogen (secondary N) is 1. The van der Waals surface area contributed by atoms with Crippen LogP contribution < -0.4 is 10.1 Å². The molecule has 0 fully saturated rings. The van der Waals surface area contributed by atoms with Crippen molar-refractivity contribution in [2.45, 2.75) is 25.8 Å². The summed E-state index contributed by atoms with van der Waals surface area (Å²) < 4.78 is 11.9. The minimum atomic E-state index is -0.805. The van der Waals surface area contributed by atoms with Gasteiger partial charge in [0.1, 0.15) is 11.8 Å². The zero-order valence-corrected chi connectivity index (χ0v) is 19.5. The summed E-state index contributed by atoms with van der Waals surface area (Å²) in [6.45, 7) is 2.41. The van der Waals surface area contributed by atoms with E-state index in [9.17, 15) is 9.59 Å². The summed E-state index contributed by atoms with van der Waals surface area (Å²) >= 11 is 3.42. The van der Waals surface area contributed by atoms with Crippen molar-refractivity contribution < 1.29 is 19.1 Å². The van der Waals surface area contributed by atoms with Crippen LogP contribution in [0.4, 0.5) is 0 Å². The normalized spacial score (nSPS) is 11.4. The smallest absolute Gasteiger partial charge is 0.328 e. The van der Waals surface area contributed by atoms with Crippen molar-refractivity contribution in [1.29, 1.82) is 0 Å². The largest absolute Gasteiger partial charge is 0.492 e. The highest BCUT2D eigenvalue weighted by Gasteiger charge is 2.25. The molecule has 1 atom stereocenters. The predicted molar refractivity (Wildman–Crippen MR) is 128 cm³/mol. The standard InChI is InChI=1S/C26H26BrNO4/c1-2-31-26(30)23(17-20-11-7-4-8-12-20)28-25(29)22-18-21(27)13-14-24(22)32-16-15-19-9-5-3-6-10-19/h3-14,18,23H,2,15-17H2,1H3,(H,28,29). The fourth-order valence-electron chi connectivity index (χ4n) is 3.25. The third-order valence-corrected chi connectivity index (χ3v) is 5.33. The van der Waals surface area contributed by atoms with Gasteiger partial charge in [-0.2, -0.15) is 0 Å². The molecule has 5 nitrogen and oxygen atoms in total. The van der Waals surface area contributed by atoms with Crippen LogP contribution in [0.25, 0.3) is 0 Å². The number of halogens is 1. The number of ether oxygens (including phenoxy) is 2. The summed E-state index contributed by atoms with van der Waals surface area (Å²) in [5.41, 5.74) is 2.44. The SMILES string of the molecule is CCOC(=O)C(Cc1ccccc1)NC(=O)c1cc(Br)ccc1OCCc1ccccc1. The number of rotatable bonds is 10. The van der Waals surface area contributed by atoms with Crippen molar-refractivity contribution in [3.63, 3.8) is 0 Å². The van der Waals surface area contributed by atoms with Crippen molar-refractivity contribution in [2.24, 2.45) is 0 Å². The quantitative estimate of drug-likeness (QED) is 0.403. The van der Waals surface area contributed by atoms with Crippen LogP contribution in [0, 0.1) is 0 Å². The van der Waals surface area contributed by atoms with Crippen LogP contribution in [0.15, 0.2) is 83.3 Å². The first-order valence-corrected chi connectivity index (χ1v) is 11.3. The second-order valence-electron chi connectivity index (χ2n) is 7.19. The van der Waals surface area contributed by atoms with Crippen LogP contribution >= 0.6 is 15.9 Å². The number of carbonyl (C=O) groups excluding carboxylic acids is 2. The number of hydrogen-bond donors (Lipinski definition) is 1. The van der Waals surface area contributed by atoms with Crippen LogP contribution in [-0.2, 0) is 22.4 Å². The maximum atomic E-state index is 13.1. The minimum absolute atomic E-state index is 0.241. The van der Waals surface area contributed by atoms with Gasteiger partial charge in [0.15, 0.2) is 0 Å². The number of amides is 1. The van der Waals surface area contributed by atoms with Gasteiger partial charge in [-0.3, -0.25) is 4.79 Å². The molecular formula is C26H26BrNO4. The minimum Gasteiger partial charge on any atom is -0.492 e. The maximum Gasteiger partial charge on any atom is 0.328 e. The van der Waals surface area contributed by atoms with Gasteiger partial charge in [0.05, 0.1) is 18.8 Å². The molecule has 3 rings (SSSR count). The van der Waals surface area contributed by atoms with E-state index >= 15 is 0 Å². The Kier molecular flexibility index (Phi) is 8.87. The van der Waals surface area contributed by atoms with Gasteiger partial charge in [-0.05, 0) is 36.2 Å². The van der Waals surface area contributed by atoms with Crippen LogP contribution in [0.5, 0.6) is 5.75 Å². The van der Waals surface area contributed by atoms with Gasteiger partial charge in [-0.1, -0.05) is 76.6 Å². The fourth-order valence-corrected chi connectivity index (χ4v) is 3.61. The van der Waals surface area contributed by atoms with E-state index in [0.29, 0.717) is 24.3 Å². The van der Waals surface area contributed by atoms with Crippen LogP contribution in [0.2, 0.25) is 0 Å². The van der Waals surface area contributed by atoms with Gasteiger partial charge in [0, 0.05) is 17.3 Å². The number of carbonyl (C=O) groups is 2. The molecule has 0 aromatic heterocycles. The van der Waals surface area contributed by atoms with E-state index in [0.717, 1.165) is 22.0 Å². The lowest BCUT2D eigenvalue weighted by atomic mass is 10.1. The summed E-state index contributed by atoms with van der Waals surface area (Å²) in [5.74, 6) is -0.398. The Bertz CT molecular complexity index is 1020. The Balaban J connectivity index is 1.73. The second-order valence-corrected chi connectivity index (χ2v) is 8.11. The molecule has 0 saturated carbocycles. The molecule has 0 spiro atoms. The highest BCUT2D eigenvalue weighted by molar-refractivity contribution is 9.10. The molecule has 0 aliphatic rings. The average molecular weight is 496 g/mol. The Labute approximate surface area is 196 Å². The van der Waals surface area contributed by atoms with E-state index in [1.165, 1.54) is 0 Å². The first-order valence-electron chi connectivity index (χ1n) is 10.5. The van der Waals surface area contributed by atoms with Crippen molar-refractivity contribution in [1.82, 2.24) is 5.32 Å². The van der Waals surface area contributed by atoms with Gasteiger partial charge in [0.25, 0.3) is 5.91 Å². The van der Waals surface area contributed by atoms with E-state index in [1.54, 1.807) is 19.1 Å². The van der Waals surface area contributed by atoms with E-state index < -0.39 is 17.9 Å². The van der Waals surface area contributed by atoms with Crippen molar-refractivity contribution in [2.75, 3.05) is 13.2 Å². The van der Waals surface area contributed by atoms with E-state index in [2.05, 4.69) is 21.2 Å². The zero-order valence-electron chi connectivity index (χ0n) is 17.9. The summed E-state index contributed by atoms with van der Waals surface area (Å²) in [6.07, 6.45) is 1.06. The first kappa shape index (κ1) is 23.5. The Hall–Kier alpha value is -3.12. The zero-order chi connectivity index (χ0) is 22.8. The van der Waals surface area contributed by atoms with Crippen LogP contribution in [0.3, 0.4) is 0 Å². The molecule has 32 heavy (non-hydrogen) atoms. The monoisotopic (exact) mass is 495 g/mol. The first-order chi connectivity index (χ1) is 15.6. The van der Waals surface area contributed by atoms with Gasteiger partial charge in [0.2, 0.25) is 0 Å². The molecule has 0 aliphatic heterocycles. The highest BCUT2D eigenvalue weighted by atomic mass is 79.9. The molecule has 3 aromatic rings. The predicted octanol–water partition coefficient (Wildman–Crippen LogP) is 4.97. The molecule has 1 unspecified atom stereocenters. The van der Waals surface area contributed by atoms with Crippen LogP contribution in [-0.4, -0.2) is 31.1 Å². The summed E-state index contributed by atoms with van der Waals surface area (Å²) in [6, 6.07) is 24.0. The third-order valence-electron chi connectivity index (χ3n) is 4.84. The molecule has 0 radical (unpaired) electrons. The Morgan fingerprint density at radius 2 is 1.59 bits per heavy atom. The molecule has 0 heterocycles. The lowest BCUT2D eigenvalue weighted by Gasteiger charge is -2.19. The Morgan fingerprint density at radius 3 is 2.25 bits per heavy atom. The fraction of sp³-hybridized carbons (Fsp3) is 0.231. The number of benzene rings is 3. The third kappa shape index (κ3) is 6.95. The lowest BCUT2D eigenvalue weighted by molar-refractivity contribution is -0.145. The molecule has 1 amide bonds. The van der Waals surface area contributed by atoms with E-state index in [1.807, 2.05) is 66.7 Å². The topological polar surface area (TPSA) is 64.6 Å². The molecule has 0 saturated heterocycles. The molecule has 1 N–H and O–H groups in total. The van der Waals surface area contributed by atoms with Gasteiger partial charge in [-0.15, -0.1) is 0 Å². The van der Waals surface area contributed by atoms with Crippen molar-refractivity contribution in [3.8, 4) is 5.75 Å². The van der Waals surface area contributed by atoms with Gasteiger partial charge >= 0.3 is 5.97 Å². The highest BCUT2D eigenvalue weighted by Crippen LogP contribution is 2.24. The van der Waals surface area contributed by atoms with Crippen LogP contribution in [0.1, 0.15) is 28.4 Å². The summed E-state index contributed by atoms with van der Waals surface area (Å²) in [4.78, 5) is 25.7. The number of esters is 1. The molecule has 6 heteroatoms. The summed E-state index contributed by atoms with van der Waals surface area (Å²) in [5, 5.41) is 2.83.